The Hall–Kier alpha value is -0.260. The molecule has 1 saturated heterocycles. The molecule has 0 bridgehead atoms. The van der Waals surface area contributed by atoms with Gasteiger partial charge in [0.25, 0.3) is 0 Å². The van der Waals surface area contributed by atoms with Crippen LogP contribution in [0, 0.1) is 0 Å². The van der Waals surface area contributed by atoms with Gasteiger partial charge in [-0.3, -0.25) is 4.79 Å². The predicted molar refractivity (Wildman–Crippen MR) is 52.2 cm³/mol. The molecule has 0 aromatic rings. The van der Waals surface area contributed by atoms with Gasteiger partial charge in [-0.2, -0.15) is 0 Å². The molecule has 1 fully saturated rings. The van der Waals surface area contributed by atoms with E-state index < -0.39 is 5.97 Å². The standard InChI is InChI=1S/C8H15NO3S/c1-12-2-3-13-8(4-7(10)11)5-9-6-8/h9H,2-6H2,1H3,(H,10,11). The summed E-state index contributed by atoms with van der Waals surface area (Å²) >= 11 is 1.70. The molecule has 1 rings (SSSR count). The molecule has 1 aliphatic heterocycles. The average molecular weight is 205 g/mol. The Morgan fingerprint density at radius 2 is 2.38 bits per heavy atom. The van der Waals surface area contributed by atoms with Gasteiger partial charge in [-0.1, -0.05) is 0 Å². The van der Waals surface area contributed by atoms with Crippen LogP contribution in [0.25, 0.3) is 0 Å². The average Bonchev–Trinajstić information content (AvgIpc) is 1.99. The molecule has 0 saturated carbocycles. The number of ether oxygens (including phenoxy) is 1. The number of thioether (sulfide) groups is 1. The second kappa shape index (κ2) is 4.83. The van der Waals surface area contributed by atoms with Gasteiger partial charge in [0.05, 0.1) is 17.8 Å². The van der Waals surface area contributed by atoms with Crippen LogP contribution in [-0.4, -0.2) is 48.4 Å². The lowest BCUT2D eigenvalue weighted by atomic mass is 9.98. The lowest BCUT2D eigenvalue weighted by molar-refractivity contribution is -0.138. The third-order valence-electron chi connectivity index (χ3n) is 2.06. The molecule has 5 heteroatoms. The molecular weight excluding hydrogens is 190 g/mol. The number of hydrogen-bond donors (Lipinski definition) is 2. The number of nitrogens with one attached hydrogen (secondary N) is 1. The van der Waals surface area contributed by atoms with Gasteiger partial charge < -0.3 is 15.2 Å². The van der Waals surface area contributed by atoms with Crippen LogP contribution in [0.1, 0.15) is 6.42 Å². The molecule has 0 aromatic carbocycles. The summed E-state index contributed by atoms with van der Waals surface area (Å²) in [4.78, 5) is 10.6. The van der Waals surface area contributed by atoms with E-state index in [1.807, 2.05) is 0 Å². The third-order valence-corrected chi connectivity index (χ3v) is 3.48. The molecule has 13 heavy (non-hydrogen) atoms. The molecule has 76 valence electrons. The maximum absolute atomic E-state index is 10.6. The summed E-state index contributed by atoms with van der Waals surface area (Å²) in [6.45, 7) is 2.29. The largest absolute Gasteiger partial charge is 0.481 e. The van der Waals surface area contributed by atoms with Crippen LogP contribution < -0.4 is 5.32 Å². The fraction of sp³-hybridized carbons (Fsp3) is 0.875. The number of aliphatic carboxylic acids is 1. The maximum atomic E-state index is 10.6. The Balaban J connectivity index is 2.27. The van der Waals surface area contributed by atoms with Crippen molar-refractivity contribution in [2.75, 3.05) is 32.6 Å². The second-order valence-corrected chi connectivity index (χ2v) is 4.76. The first-order valence-corrected chi connectivity index (χ1v) is 5.22. The molecule has 0 aromatic heterocycles. The number of rotatable bonds is 6. The van der Waals surface area contributed by atoms with Crippen molar-refractivity contribution in [1.29, 1.82) is 0 Å². The second-order valence-electron chi connectivity index (χ2n) is 3.20. The number of carboxylic acid groups (broad SMARTS) is 1. The highest BCUT2D eigenvalue weighted by molar-refractivity contribution is 8.00. The minimum atomic E-state index is -0.716. The van der Waals surface area contributed by atoms with E-state index >= 15 is 0 Å². The molecule has 0 unspecified atom stereocenters. The van der Waals surface area contributed by atoms with E-state index in [0.29, 0.717) is 6.61 Å². The van der Waals surface area contributed by atoms with Gasteiger partial charge in [0, 0.05) is 26.0 Å². The molecule has 2 N–H and O–H groups in total. The number of carbonyl (C=O) groups is 1. The van der Waals surface area contributed by atoms with E-state index in [9.17, 15) is 4.79 Å². The Kier molecular flexibility index (Phi) is 4.02. The Morgan fingerprint density at radius 3 is 2.77 bits per heavy atom. The molecule has 1 heterocycles. The van der Waals surface area contributed by atoms with Gasteiger partial charge in [0.15, 0.2) is 0 Å². The molecular formula is C8H15NO3S. The van der Waals surface area contributed by atoms with E-state index in [4.69, 9.17) is 9.84 Å². The first-order valence-electron chi connectivity index (χ1n) is 4.24. The number of hydrogen-bond acceptors (Lipinski definition) is 4. The SMILES string of the molecule is COCCSC1(CC(=O)O)CNC1. The molecule has 4 nitrogen and oxygen atoms in total. The van der Waals surface area contributed by atoms with Crippen molar-refractivity contribution < 1.29 is 14.6 Å². The monoisotopic (exact) mass is 205 g/mol. The van der Waals surface area contributed by atoms with Crippen molar-refractivity contribution in [2.24, 2.45) is 0 Å². The Bertz CT molecular complexity index is 182. The van der Waals surface area contributed by atoms with Crippen LogP contribution in [0.2, 0.25) is 0 Å². The van der Waals surface area contributed by atoms with Crippen molar-refractivity contribution in [3.63, 3.8) is 0 Å². The smallest absolute Gasteiger partial charge is 0.304 e. The van der Waals surface area contributed by atoms with Gasteiger partial charge in [0.2, 0.25) is 0 Å². The normalized spacial score (nSPS) is 19.5. The molecule has 0 aliphatic carbocycles. The van der Waals surface area contributed by atoms with Crippen LogP contribution in [0.4, 0.5) is 0 Å². The fourth-order valence-corrected chi connectivity index (χ4v) is 2.62. The topological polar surface area (TPSA) is 58.6 Å². The zero-order chi connectivity index (χ0) is 9.73. The van der Waals surface area contributed by atoms with Gasteiger partial charge in [-0.25, -0.2) is 0 Å². The molecule has 0 atom stereocenters. The molecule has 0 spiro atoms. The number of methoxy groups -OCH3 is 1. The third kappa shape index (κ3) is 3.17. The Labute approximate surface area is 82.0 Å². The van der Waals surface area contributed by atoms with E-state index in [1.165, 1.54) is 0 Å². The highest BCUT2D eigenvalue weighted by Crippen LogP contribution is 2.32. The van der Waals surface area contributed by atoms with E-state index in [1.54, 1.807) is 18.9 Å². The maximum Gasteiger partial charge on any atom is 0.304 e. The Morgan fingerprint density at radius 1 is 1.69 bits per heavy atom. The zero-order valence-corrected chi connectivity index (χ0v) is 8.52. The lowest BCUT2D eigenvalue weighted by Crippen LogP contribution is -2.58. The van der Waals surface area contributed by atoms with Crippen molar-refractivity contribution in [3.05, 3.63) is 0 Å². The summed E-state index contributed by atoms with van der Waals surface area (Å²) in [6, 6.07) is 0. The zero-order valence-electron chi connectivity index (χ0n) is 7.71. The summed E-state index contributed by atoms with van der Waals surface area (Å²) in [5.74, 6) is 0.150. The van der Waals surface area contributed by atoms with Crippen molar-refractivity contribution in [3.8, 4) is 0 Å². The van der Waals surface area contributed by atoms with E-state index in [2.05, 4.69) is 5.32 Å². The summed E-state index contributed by atoms with van der Waals surface area (Å²) in [6.07, 6.45) is 0.244. The van der Waals surface area contributed by atoms with E-state index in [0.717, 1.165) is 18.8 Å². The minimum Gasteiger partial charge on any atom is -0.481 e. The van der Waals surface area contributed by atoms with Crippen LogP contribution in [0.5, 0.6) is 0 Å². The van der Waals surface area contributed by atoms with Crippen LogP contribution in [0.3, 0.4) is 0 Å². The van der Waals surface area contributed by atoms with Gasteiger partial charge in [0.1, 0.15) is 0 Å². The van der Waals surface area contributed by atoms with Gasteiger partial charge in [-0.15, -0.1) is 11.8 Å². The van der Waals surface area contributed by atoms with Crippen molar-refractivity contribution >= 4 is 17.7 Å². The fourth-order valence-electron chi connectivity index (χ4n) is 1.30. The van der Waals surface area contributed by atoms with Crippen LogP contribution >= 0.6 is 11.8 Å². The predicted octanol–water partition coefficient (Wildman–Crippen LogP) is 0.183. The van der Waals surface area contributed by atoms with Gasteiger partial charge >= 0.3 is 5.97 Å². The minimum absolute atomic E-state index is 0.0790. The molecule has 1 aliphatic rings. The van der Waals surface area contributed by atoms with Crippen LogP contribution in [0.15, 0.2) is 0 Å². The summed E-state index contributed by atoms with van der Waals surface area (Å²) < 4.78 is 4.84. The van der Waals surface area contributed by atoms with E-state index in [-0.39, 0.29) is 11.2 Å². The lowest BCUT2D eigenvalue weighted by Gasteiger charge is -2.40. The highest BCUT2D eigenvalue weighted by atomic mass is 32.2. The molecule has 0 amide bonds. The van der Waals surface area contributed by atoms with Gasteiger partial charge in [-0.05, 0) is 0 Å². The van der Waals surface area contributed by atoms with Crippen LogP contribution in [-0.2, 0) is 9.53 Å². The quantitative estimate of drug-likeness (QED) is 0.606. The van der Waals surface area contributed by atoms with Crippen molar-refractivity contribution in [1.82, 2.24) is 5.32 Å². The van der Waals surface area contributed by atoms with Crippen molar-refractivity contribution in [2.45, 2.75) is 11.2 Å². The first kappa shape index (κ1) is 10.8. The first-order chi connectivity index (χ1) is 6.18. The summed E-state index contributed by atoms with van der Waals surface area (Å²) in [5.41, 5.74) is 0. The molecule has 0 radical (unpaired) electrons. The summed E-state index contributed by atoms with van der Waals surface area (Å²) in [5, 5.41) is 11.8. The highest BCUT2D eigenvalue weighted by Gasteiger charge is 2.39. The number of carboxylic acids is 1. The summed E-state index contributed by atoms with van der Waals surface area (Å²) in [7, 11) is 1.66.